The van der Waals surface area contributed by atoms with E-state index in [1.54, 1.807) is 5.57 Å². The molecule has 0 aromatic heterocycles. The average Bonchev–Trinajstić information content (AvgIpc) is 3.40. The van der Waals surface area contributed by atoms with Crippen LogP contribution in [0.15, 0.2) is 11.6 Å². The minimum atomic E-state index is -0.129. The van der Waals surface area contributed by atoms with Gasteiger partial charge in [-0.05, 0) is 131 Å². The number of carbonyl (C=O) groups excluding carboxylic acids is 2. The molecule has 4 rings (SSSR count). The van der Waals surface area contributed by atoms with Crippen LogP contribution in [0.5, 0.6) is 0 Å². The van der Waals surface area contributed by atoms with E-state index in [2.05, 4.69) is 33.8 Å². The standard InChI is InChI=1S/C42H75N3O3/c1-32(2)15-9-10-16-33-20-22-37-36-21-19-34-31-35(23-25-42(34,4)38(36)24-26-41(33,37)3)48-40(47)18-13-17-39(46)45(30-14-28-44)29-12-8-6-5-7-11-27-43/h19,32-33,35-38H,5-18,20-31,43-44H2,1-4H3. The molecule has 0 heterocycles. The van der Waals surface area contributed by atoms with Gasteiger partial charge in [0.15, 0.2) is 0 Å². The van der Waals surface area contributed by atoms with Crippen molar-refractivity contribution in [2.75, 3.05) is 26.2 Å². The number of rotatable bonds is 21. The molecule has 0 saturated heterocycles. The molecule has 48 heavy (non-hydrogen) atoms. The van der Waals surface area contributed by atoms with Gasteiger partial charge in [0.25, 0.3) is 0 Å². The highest BCUT2D eigenvalue weighted by Gasteiger charge is 2.58. The molecule has 276 valence electrons. The fraction of sp³-hybridized carbons (Fsp3) is 0.905. The number of ether oxygens (including phenoxy) is 1. The highest BCUT2D eigenvalue weighted by molar-refractivity contribution is 5.77. The fourth-order valence-electron chi connectivity index (χ4n) is 10.8. The summed E-state index contributed by atoms with van der Waals surface area (Å²) in [6.07, 6.45) is 27.1. The number of nitrogens with zero attached hydrogens (tertiary/aromatic N) is 1. The Bertz CT molecular complexity index is 1030. The molecule has 6 heteroatoms. The van der Waals surface area contributed by atoms with Crippen molar-refractivity contribution in [1.82, 2.24) is 4.90 Å². The third kappa shape index (κ3) is 10.3. The number of nitrogens with two attached hydrogens (primary N) is 2. The fourth-order valence-corrected chi connectivity index (χ4v) is 10.8. The van der Waals surface area contributed by atoms with Gasteiger partial charge in [-0.25, -0.2) is 0 Å². The van der Waals surface area contributed by atoms with E-state index >= 15 is 0 Å². The molecule has 0 aromatic rings. The van der Waals surface area contributed by atoms with Crippen molar-refractivity contribution < 1.29 is 14.3 Å². The van der Waals surface area contributed by atoms with Gasteiger partial charge >= 0.3 is 5.97 Å². The lowest BCUT2D eigenvalue weighted by molar-refractivity contribution is -0.151. The molecule has 0 aliphatic heterocycles. The average molecular weight is 670 g/mol. The maximum atomic E-state index is 13.0. The minimum Gasteiger partial charge on any atom is -0.462 e. The molecular formula is C42H75N3O3. The molecule has 6 nitrogen and oxygen atoms in total. The zero-order valence-electron chi connectivity index (χ0n) is 31.8. The third-order valence-corrected chi connectivity index (χ3v) is 13.8. The van der Waals surface area contributed by atoms with E-state index in [-0.39, 0.29) is 23.4 Å². The summed E-state index contributed by atoms with van der Waals surface area (Å²) in [5.74, 6) is 4.28. The zero-order valence-corrected chi connectivity index (χ0v) is 31.8. The predicted molar refractivity (Wildman–Crippen MR) is 199 cm³/mol. The molecule has 7 unspecified atom stereocenters. The van der Waals surface area contributed by atoms with Crippen molar-refractivity contribution in [2.24, 2.45) is 51.9 Å². The summed E-state index contributed by atoms with van der Waals surface area (Å²) in [4.78, 5) is 28.0. The van der Waals surface area contributed by atoms with Crippen molar-refractivity contribution in [1.29, 1.82) is 0 Å². The van der Waals surface area contributed by atoms with E-state index < -0.39 is 0 Å². The van der Waals surface area contributed by atoms with Crippen molar-refractivity contribution in [3.8, 4) is 0 Å². The Morgan fingerprint density at radius 3 is 2.31 bits per heavy atom. The number of fused-ring (bicyclic) bond motifs is 5. The highest BCUT2D eigenvalue weighted by atomic mass is 16.5. The first kappa shape index (κ1) is 39.4. The van der Waals surface area contributed by atoms with Crippen LogP contribution < -0.4 is 11.5 Å². The van der Waals surface area contributed by atoms with Crippen LogP contribution in [0, 0.1) is 40.4 Å². The smallest absolute Gasteiger partial charge is 0.306 e. The second-order valence-corrected chi connectivity index (χ2v) is 17.4. The number of allylic oxidation sites excluding steroid dienone is 1. The van der Waals surface area contributed by atoms with Gasteiger partial charge in [0.2, 0.25) is 5.91 Å². The molecule has 1 amide bonds. The van der Waals surface area contributed by atoms with E-state index in [9.17, 15) is 9.59 Å². The van der Waals surface area contributed by atoms with Gasteiger partial charge in [-0.2, -0.15) is 0 Å². The largest absolute Gasteiger partial charge is 0.462 e. The van der Waals surface area contributed by atoms with Crippen LogP contribution in [0.2, 0.25) is 0 Å². The molecule has 0 spiro atoms. The SMILES string of the molecule is CC(C)CCCCC1CCC2C3CC=C4CC(OC(=O)CCCC(=O)N(CCCN)CCCCCCCCN)CCC4(C)C3CCC12C. The van der Waals surface area contributed by atoms with Gasteiger partial charge < -0.3 is 21.1 Å². The van der Waals surface area contributed by atoms with Gasteiger partial charge in [0, 0.05) is 32.4 Å². The van der Waals surface area contributed by atoms with E-state index in [1.807, 2.05) is 4.90 Å². The van der Waals surface area contributed by atoms with Crippen LogP contribution in [0.1, 0.15) is 169 Å². The Balaban J connectivity index is 1.20. The van der Waals surface area contributed by atoms with Crippen molar-refractivity contribution in [3.63, 3.8) is 0 Å². The summed E-state index contributed by atoms with van der Waals surface area (Å²) in [6.45, 7) is 12.8. The molecule has 4 aliphatic carbocycles. The number of amides is 1. The van der Waals surface area contributed by atoms with Crippen molar-refractivity contribution in [3.05, 3.63) is 11.6 Å². The second-order valence-electron chi connectivity index (χ2n) is 17.4. The van der Waals surface area contributed by atoms with Crippen molar-refractivity contribution >= 4 is 11.9 Å². The molecule has 4 N–H and O–H groups in total. The van der Waals surface area contributed by atoms with Crippen molar-refractivity contribution in [2.45, 2.75) is 175 Å². The van der Waals surface area contributed by atoms with Crippen LogP contribution in [-0.4, -0.2) is 49.1 Å². The van der Waals surface area contributed by atoms with E-state index in [0.29, 0.717) is 37.8 Å². The van der Waals surface area contributed by atoms with E-state index in [4.69, 9.17) is 16.2 Å². The second kappa shape index (κ2) is 19.3. The molecule has 7 atom stereocenters. The first-order chi connectivity index (χ1) is 23.1. The summed E-state index contributed by atoms with van der Waals surface area (Å²) in [5.41, 5.74) is 13.7. The molecule has 4 aliphatic rings. The maximum Gasteiger partial charge on any atom is 0.306 e. The Morgan fingerprint density at radius 2 is 1.56 bits per heavy atom. The Hall–Kier alpha value is -1.40. The topological polar surface area (TPSA) is 98.7 Å². The van der Waals surface area contributed by atoms with E-state index in [0.717, 1.165) is 87.6 Å². The van der Waals surface area contributed by atoms with Crippen LogP contribution in [0.25, 0.3) is 0 Å². The number of carbonyl (C=O) groups is 2. The summed E-state index contributed by atoms with van der Waals surface area (Å²) in [7, 11) is 0. The van der Waals surface area contributed by atoms with Gasteiger partial charge in [-0.1, -0.05) is 84.3 Å². The highest BCUT2D eigenvalue weighted by Crippen LogP contribution is 2.66. The van der Waals surface area contributed by atoms with Crippen LogP contribution in [0.4, 0.5) is 0 Å². The van der Waals surface area contributed by atoms with Gasteiger partial charge in [0.1, 0.15) is 6.10 Å². The summed E-state index contributed by atoms with van der Waals surface area (Å²) in [6, 6.07) is 0. The first-order valence-electron chi connectivity index (χ1n) is 20.7. The Labute approximate surface area is 295 Å². The summed E-state index contributed by atoms with van der Waals surface area (Å²) in [5, 5.41) is 0. The molecule has 0 bridgehead atoms. The third-order valence-electron chi connectivity index (χ3n) is 13.8. The molecule has 3 saturated carbocycles. The Kier molecular flexibility index (Phi) is 15.8. The zero-order chi connectivity index (χ0) is 34.6. The lowest BCUT2D eigenvalue weighted by atomic mass is 9.47. The van der Waals surface area contributed by atoms with Gasteiger partial charge in [-0.3, -0.25) is 9.59 Å². The normalized spacial score (nSPS) is 31.1. The maximum absolute atomic E-state index is 13.0. The molecule has 0 aromatic carbocycles. The minimum absolute atomic E-state index is 0.00876. The lowest BCUT2D eigenvalue weighted by Gasteiger charge is -2.58. The Morgan fingerprint density at radius 1 is 0.833 bits per heavy atom. The number of hydrogen-bond acceptors (Lipinski definition) is 5. The number of esters is 1. The van der Waals surface area contributed by atoms with Crippen LogP contribution in [-0.2, 0) is 14.3 Å². The monoisotopic (exact) mass is 670 g/mol. The predicted octanol–water partition coefficient (Wildman–Crippen LogP) is 9.34. The first-order valence-corrected chi connectivity index (χ1v) is 20.7. The summed E-state index contributed by atoms with van der Waals surface area (Å²) >= 11 is 0. The number of hydrogen-bond donors (Lipinski definition) is 2. The van der Waals surface area contributed by atoms with Crippen LogP contribution in [0.3, 0.4) is 0 Å². The van der Waals surface area contributed by atoms with Crippen LogP contribution >= 0.6 is 0 Å². The van der Waals surface area contributed by atoms with Gasteiger partial charge in [-0.15, -0.1) is 0 Å². The van der Waals surface area contributed by atoms with E-state index in [1.165, 1.54) is 77.0 Å². The molecule has 3 fully saturated rings. The number of unbranched alkanes of at least 4 members (excludes halogenated alkanes) is 6. The molecule has 0 radical (unpaired) electrons. The lowest BCUT2D eigenvalue weighted by Crippen LogP contribution is -2.50. The van der Waals surface area contributed by atoms with Gasteiger partial charge in [0.05, 0.1) is 0 Å². The molecular weight excluding hydrogens is 594 g/mol. The quantitative estimate of drug-likeness (QED) is 0.0721. The summed E-state index contributed by atoms with van der Waals surface area (Å²) < 4.78 is 6.08.